The van der Waals surface area contributed by atoms with Gasteiger partial charge < -0.3 is 14.1 Å². The number of furan rings is 1. The standard InChI is InChI=1S/C19H22FN3O3/c1-13-2-3-18(26-13)10-22-7-14-8-23(17(9-22)12-25-11-14)19(24)15-4-16(20)6-21-5-15/h2-6,14,17H,7-12H2,1H3/t14-,17-/m0/s1. The molecule has 0 radical (unpaired) electrons. The molecule has 0 unspecified atom stereocenters. The lowest BCUT2D eigenvalue weighted by Crippen LogP contribution is -2.46. The number of hydrogen-bond acceptors (Lipinski definition) is 5. The molecule has 2 atom stereocenters. The van der Waals surface area contributed by atoms with Gasteiger partial charge in [-0.3, -0.25) is 14.7 Å². The Kier molecular flexibility index (Phi) is 4.74. The fraction of sp³-hybridized carbons (Fsp3) is 0.474. The minimum atomic E-state index is -0.500. The quantitative estimate of drug-likeness (QED) is 0.840. The zero-order valence-corrected chi connectivity index (χ0v) is 14.7. The number of halogens is 1. The normalized spacial score (nSPS) is 23.7. The summed E-state index contributed by atoms with van der Waals surface area (Å²) in [5, 5.41) is 0. The summed E-state index contributed by atoms with van der Waals surface area (Å²) in [5.74, 6) is 1.35. The zero-order chi connectivity index (χ0) is 18.1. The molecular weight excluding hydrogens is 337 g/mol. The van der Waals surface area contributed by atoms with E-state index in [1.165, 1.54) is 12.3 Å². The number of pyridine rings is 1. The topological polar surface area (TPSA) is 58.8 Å². The largest absolute Gasteiger partial charge is 0.465 e. The molecule has 1 amide bonds. The molecule has 6 nitrogen and oxygen atoms in total. The molecule has 0 saturated carbocycles. The van der Waals surface area contributed by atoms with Crippen LogP contribution >= 0.6 is 0 Å². The monoisotopic (exact) mass is 359 g/mol. The molecule has 2 aliphatic heterocycles. The molecule has 0 N–H and O–H groups in total. The average Bonchev–Trinajstić information content (AvgIpc) is 2.81. The molecule has 2 aromatic rings. The van der Waals surface area contributed by atoms with Crippen LogP contribution in [-0.4, -0.2) is 59.6 Å². The van der Waals surface area contributed by atoms with Gasteiger partial charge in [-0.25, -0.2) is 4.39 Å². The molecule has 7 heteroatoms. The summed E-state index contributed by atoms with van der Waals surface area (Å²) < 4.78 is 24.9. The van der Waals surface area contributed by atoms with E-state index in [4.69, 9.17) is 9.15 Å². The molecule has 2 aromatic heterocycles. The van der Waals surface area contributed by atoms with Crippen LogP contribution in [0.25, 0.3) is 0 Å². The third kappa shape index (κ3) is 3.64. The number of rotatable bonds is 3. The van der Waals surface area contributed by atoms with E-state index in [-0.39, 0.29) is 23.4 Å². The van der Waals surface area contributed by atoms with Gasteiger partial charge in [0.1, 0.15) is 17.3 Å². The van der Waals surface area contributed by atoms with Crippen molar-refractivity contribution in [2.45, 2.75) is 19.5 Å². The van der Waals surface area contributed by atoms with Crippen LogP contribution in [0.2, 0.25) is 0 Å². The first kappa shape index (κ1) is 17.2. The van der Waals surface area contributed by atoms with E-state index in [2.05, 4.69) is 9.88 Å². The lowest BCUT2D eigenvalue weighted by molar-refractivity contribution is 0.0411. The molecule has 0 spiro atoms. The second-order valence-corrected chi connectivity index (χ2v) is 7.11. The van der Waals surface area contributed by atoms with E-state index in [0.717, 1.165) is 24.3 Å². The highest BCUT2D eigenvalue weighted by Crippen LogP contribution is 2.23. The lowest BCUT2D eigenvalue weighted by atomic mass is 10.1. The summed E-state index contributed by atoms with van der Waals surface area (Å²) in [6.07, 6.45) is 2.53. The van der Waals surface area contributed by atoms with E-state index in [1.54, 1.807) is 0 Å². The average molecular weight is 359 g/mol. The lowest BCUT2D eigenvalue weighted by Gasteiger charge is -2.30. The smallest absolute Gasteiger partial charge is 0.255 e. The summed E-state index contributed by atoms with van der Waals surface area (Å²) in [6, 6.07) is 5.13. The van der Waals surface area contributed by atoms with Crippen molar-refractivity contribution in [3.8, 4) is 0 Å². The Balaban J connectivity index is 1.53. The van der Waals surface area contributed by atoms with Gasteiger partial charge in [-0.05, 0) is 25.1 Å². The molecule has 138 valence electrons. The Labute approximate surface area is 151 Å². The SMILES string of the molecule is Cc1ccc(CN2C[C@@H]3COC[C@H](C2)N(C(=O)c2cncc(F)c2)C3)o1. The minimum Gasteiger partial charge on any atom is -0.465 e. The van der Waals surface area contributed by atoms with Crippen molar-refractivity contribution in [2.24, 2.45) is 5.92 Å². The van der Waals surface area contributed by atoms with Crippen LogP contribution in [0.15, 0.2) is 35.0 Å². The molecule has 2 bridgehead atoms. The van der Waals surface area contributed by atoms with Crippen molar-refractivity contribution < 1.29 is 18.3 Å². The van der Waals surface area contributed by atoms with Crippen LogP contribution in [0.4, 0.5) is 4.39 Å². The van der Waals surface area contributed by atoms with Gasteiger partial charge in [0.25, 0.3) is 5.91 Å². The van der Waals surface area contributed by atoms with Crippen molar-refractivity contribution in [1.29, 1.82) is 0 Å². The number of amides is 1. The van der Waals surface area contributed by atoms with Crippen LogP contribution in [-0.2, 0) is 11.3 Å². The maximum Gasteiger partial charge on any atom is 0.255 e. The second-order valence-electron chi connectivity index (χ2n) is 7.11. The van der Waals surface area contributed by atoms with Gasteiger partial charge in [0.2, 0.25) is 0 Å². The Hall–Kier alpha value is -2.25. The number of nitrogens with zero attached hydrogens (tertiary/aromatic N) is 3. The molecule has 2 saturated heterocycles. The predicted octanol–water partition coefficient (Wildman–Crippen LogP) is 2.10. The highest BCUT2D eigenvalue weighted by atomic mass is 19.1. The highest BCUT2D eigenvalue weighted by Gasteiger charge is 2.36. The number of carbonyl (C=O) groups is 1. The van der Waals surface area contributed by atoms with Gasteiger partial charge in [0.05, 0.1) is 37.6 Å². The zero-order valence-electron chi connectivity index (χ0n) is 14.7. The van der Waals surface area contributed by atoms with E-state index >= 15 is 0 Å². The highest BCUT2D eigenvalue weighted by molar-refractivity contribution is 5.94. The Morgan fingerprint density at radius 2 is 2.15 bits per heavy atom. The first-order valence-corrected chi connectivity index (χ1v) is 8.85. The van der Waals surface area contributed by atoms with Crippen molar-refractivity contribution in [2.75, 3.05) is 32.8 Å². The molecule has 26 heavy (non-hydrogen) atoms. The van der Waals surface area contributed by atoms with Crippen molar-refractivity contribution in [3.05, 3.63) is 53.5 Å². The van der Waals surface area contributed by atoms with Crippen molar-refractivity contribution in [3.63, 3.8) is 0 Å². The summed E-state index contributed by atoms with van der Waals surface area (Å²) in [5.41, 5.74) is 0.283. The summed E-state index contributed by atoms with van der Waals surface area (Å²) >= 11 is 0. The van der Waals surface area contributed by atoms with E-state index < -0.39 is 5.82 Å². The summed E-state index contributed by atoms with van der Waals surface area (Å²) in [7, 11) is 0. The molecule has 4 rings (SSSR count). The summed E-state index contributed by atoms with van der Waals surface area (Å²) in [4.78, 5) is 20.9. The van der Waals surface area contributed by atoms with E-state index in [1.807, 2.05) is 24.0 Å². The van der Waals surface area contributed by atoms with Crippen LogP contribution in [0, 0.1) is 18.7 Å². The number of aryl methyl sites for hydroxylation is 1. The van der Waals surface area contributed by atoms with E-state index in [9.17, 15) is 9.18 Å². The van der Waals surface area contributed by atoms with Gasteiger partial charge >= 0.3 is 0 Å². The second kappa shape index (κ2) is 7.17. The first-order valence-electron chi connectivity index (χ1n) is 8.85. The number of aromatic nitrogens is 1. The third-order valence-electron chi connectivity index (χ3n) is 4.93. The maximum absolute atomic E-state index is 13.5. The van der Waals surface area contributed by atoms with Crippen LogP contribution in [0.5, 0.6) is 0 Å². The van der Waals surface area contributed by atoms with Gasteiger partial charge in [-0.15, -0.1) is 0 Å². The van der Waals surface area contributed by atoms with Crippen LogP contribution in [0.1, 0.15) is 21.9 Å². The molecular formula is C19H22FN3O3. The molecule has 2 aliphatic rings. The third-order valence-corrected chi connectivity index (χ3v) is 4.93. The Morgan fingerprint density at radius 1 is 1.27 bits per heavy atom. The van der Waals surface area contributed by atoms with Crippen LogP contribution < -0.4 is 0 Å². The predicted molar refractivity (Wildman–Crippen MR) is 92.1 cm³/mol. The molecule has 0 aromatic carbocycles. The van der Waals surface area contributed by atoms with Gasteiger partial charge in [-0.1, -0.05) is 0 Å². The van der Waals surface area contributed by atoms with Crippen molar-refractivity contribution >= 4 is 5.91 Å². The van der Waals surface area contributed by atoms with E-state index in [0.29, 0.717) is 32.8 Å². The fourth-order valence-electron chi connectivity index (χ4n) is 3.80. The van der Waals surface area contributed by atoms with Crippen molar-refractivity contribution in [1.82, 2.24) is 14.8 Å². The van der Waals surface area contributed by atoms with Gasteiger partial charge in [0.15, 0.2) is 0 Å². The number of fused-ring (bicyclic) bond motifs is 3. The molecule has 2 fully saturated rings. The number of hydrogen-bond donors (Lipinski definition) is 0. The molecule has 0 aliphatic carbocycles. The molecule has 4 heterocycles. The Bertz CT molecular complexity index is 794. The van der Waals surface area contributed by atoms with Gasteiger partial charge in [-0.2, -0.15) is 0 Å². The maximum atomic E-state index is 13.5. The number of ether oxygens (including phenoxy) is 1. The van der Waals surface area contributed by atoms with Crippen LogP contribution in [0.3, 0.4) is 0 Å². The minimum absolute atomic E-state index is 0.0747. The summed E-state index contributed by atoms with van der Waals surface area (Å²) in [6.45, 7) is 5.89. The number of carbonyl (C=O) groups excluding carboxylic acids is 1. The first-order chi connectivity index (χ1) is 12.6. The fourth-order valence-corrected chi connectivity index (χ4v) is 3.80. The van der Waals surface area contributed by atoms with Gasteiger partial charge in [0, 0.05) is 31.7 Å². The Morgan fingerprint density at radius 3 is 2.92 bits per heavy atom.